The van der Waals surface area contributed by atoms with Gasteiger partial charge in [0.25, 0.3) is 10.0 Å². The molecule has 8 nitrogen and oxygen atoms in total. The highest BCUT2D eigenvalue weighted by atomic mass is 35.5. The Morgan fingerprint density at radius 2 is 1.52 bits per heavy atom. The minimum absolute atomic E-state index is 0.0188. The van der Waals surface area contributed by atoms with Gasteiger partial charge in [-0.2, -0.15) is 0 Å². The molecular weight excluding hydrogens is 622 g/mol. The molecule has 0 aromatic heterocycles. The van der Waals surface area contributed by atoms with Crippen molar-refractivity contribution in [1.82, 2.24) is 10.2 Å². The van der Waals surface area contributed by atoms with Crippen LogP contribution in [0.3, 0.4) is 0 Å². The van der Waals surface area contributed by atoms with Gasteiger partial charge >= 0.3 is 0 Å². The molecule has 2 amide bonds. The second-order valence-corrected chi connectivity index (χ2v) is 14.4. The first-order valence-corrected chi connectivity index (χ1v) is 16.7. The molecule has 242 valence electrons. The highest BCUT2D eigenvalue weighted by Crippen LogP contribution is 2.28. The molecule has 46 heavy (non-hydrogen) atoms. The van der Waals surface area contributed by atoms with E-state index < -0.39 is 34.1 Å². The van der Waals surface area contributed by atoms with Crippen LogP contribution in [-0.2, 0) is 32.6 Å². The van der Waals surface area contributed by atoms with Gasteiger partial charge in [0, 0.05) is 29.6 Å². The molecule has 1 atom stereocenters. The maximum atomic E-state index is 14.6. The first kappa shape index (κ1) is 34.5. The highest BCUT2D eigenvalue weighted by Gasteiger charge is 2.35. The molecule has 10 heteroatoms. The quantitative estimate of drug-likeness (QED) is 0.189. The Kier molecular flexibility index (Phi) is 11.1. The lowest BCUT2D eigenvalue weighted by Crippen LogP contribution is -2.56. The molecule has 0 saturated carbocycles. The fourth-order valence-corrected chi connectivity index (χ4v) is 6.59. The maximum absolute atomic E-state index is 14.6. The van der Waals surface area contributed by atoms with Crippen LogP contribution in [0.4, 0.5) is 5.69 Å². The topological polar surface area (TPSA) is 96.0 Å². The number of benzene rings is 4. The Hall–Kier alpha value is -4.34. The van der Waals surface area contributed by atoms with Crippen LogP contribution >= 0.6 is 11.6 Å². The van der Waals surface area contributed by atoms with Crippen LogP contribution in [0.25, 0.3) is 0 Å². The lowest BCUT2D eigenvalue weighted by atomic mass is 10.0. The van der Waals surface area contributed by atoms with E-state index in [1.807, 2.05) is 64.1 Å². The summed E-state index contributed by atoms with van der Waals surface area (Å²) in [6.07, 6.45) is 0.207. The maximum Gasteiger partial charge on any atom is 0.264 e. The molecule has 0 saturated heterocycles. The molecule has 4 rings (SSSR count). The first-order valence-electron chi connectivity index (χ1n) is 14.9. The monoisotopic (exact) mass is 661 g/mol. The molecule has 4 aromatic rings. The smallest absolute Gasteiger partial charge is 0.264 e. The lowest BCUT2D eigenvalue weighted by Gasteiger charge is -2.35. The van der Waals surface area contributed by atoms with Gasteiger partial charge in [-0.3, -0.25) is 13.9 Å². The van der Waals surface area contributed by atoms with E-state index >= 15 is 0 Å². The molecule has 0 fully saturated rings. The molecular formula is C36H40ClN3O5S. The highest BCUT2D eigenvalue weighted by molar-refractivity contribution is 7.92. The van der Waals surface area contributed by atoms with Gasteiger partial charge in [0.05, 0.1) is 17.7 Å². The van der Waals surface area contributed by atoms with Crippen molar-refractivity contribution >= 4 is 39.1 Å². The van der Waals surface area contributed by atoms with Gasteiger partial charge in [-0.1, -0.05) is 77.8 Å². The summed E-state index contributed by atoms with van der Waals surface area (Å²) in [6, 6.07) is 28.4. The summed E-state index contributed by atoms with van der Waals surface area (Å²) < 4.78 is 34.9. The van der Waals surface area contributed by atoms with Gasteiger partial charge in [0.2, 0.25) is 11.8 Å². The number of halogens is 1. The number of rotatable bonds is 12. The van der Waals surface area contributed by atoms with Crippen molar-refractivity contribution in [2.45, 2.75) is 57.1 Å². The van der Waals surface area contributed by atoms with Gasteiger partial charge < -0.3 is 15.0 Å². The van der Waals surface area contributed by atoms with E-state index in [1.165, 1.54) is 24.1 Å². The van der Waals surface area contributed by atoms with Crippen molar-refractivity contribution in [3.05, 3.63) is 125 Å². The average Bonchev–Trinajstić information content (AvgIpc) is 3.01. The number of aryl methyl sites for hydroxylation is 1. The second-order valence-electron chi connectivity index (χ2n) is 12.1. The number of carbonyl (C=O) groups is 2. The predicted octanol–water partition coefficient (Wildman–Crippen LogP) is 6.41. The number of sulfonamides is 1. The summed E-state index contributed by atoms with van der Waals surface area (Å²) >= 11 is 6.32. The van der Waals surface area contributed by atoms with Crippen LogP contribution < -0.4 is 14.4 Å². The van der Waals surface area contributed by atoms with Crippen LogP contribution in [0.5, 0.6) is 5.75 Å². The third kappa shape index (κ3) is 9.11. The van der Waals surface area contributed by atoms with Gasteiger partial charge in [0.1, 0.15) is 18.3 Å². The SMILES string of the molecule is COc1cccc(N(CC(=O)N(Cc2cccc(Cl)c2)C(Cc2ccccc2)C(=O)NC(C)(C)C)S(=O)(=O)c2ccc(C)cc2)c1. The van der Waals surface area contributed by atoms with Crippen LogP contribution in [0.2, 0.25) is 5.02 Å². The fourth-order valence-electron chi connectivity index (χ4n) is 4.97. The molecule has 1 unspecified atom stereocenters. The number of hydrogen-bond acceptors (Lipinski definition) is 5. The standard InChI is InChI=1S/C36H40ClN3O5S/c1-26-17-19-32(20-18-26)46(43,44)40(30-15-10-16-31(23-30)45-5)25-34(41)39(24-28-13-9-14-29(37)21-28)33(35(42)38-36(2,3)4)22-27-11-7-6-8-12-27/h6-21,23,33H,22,24-25H2,1-5H3,(H,38,42). The summed E-state index contributed by atoms with van der Waals surface area (Å²) in [6.45, 7) is 6.91. The van der Waals surface area contributed by atoms with Crippen LogP contribution in [0, 0.1) is 6.92 Å². The number of hydrogen-bond donors (Lipinski definition) is 1. The number of nitrogens with zero attached hydrogens (tertiary/aromatic N) is 2. The molecule has 4 aromatic carbocycles. The van der Waals surface area contributed by atoms with Gasteiger partial charge in [0.15, 0.2) is 0 Å². The van der Waals surface area contributed by atoms with E-state index in [2.05, 4.69) is 5.32 Å². The Balaban J connectivity index is 1.83. The molecule has 0 aliphatic heterocycles. The largest absolute Gasteiger partial charge is 0.497 e. The zero-order chi connectivity index (χ0) is 33.5. The van der Waals surface area contributed by atoms with Crippen molar-refractivity contribution in [1.29, 1.82) is 0 Å². The van der Waals surface area contributed by atoms with Crippen LogP contribution in [0.1, 0.15) is 37.5 Å². The molecule has 1 N–H and O–H groups in total. The molecule has 0 radical (unpaired) electrons. The van der Waals surface area contributed by atoms with E-state index in [0.717, 1.165) is 15.4 Å². The summed E-state index contributed by atoms with van der Waals surface area (Å²) in [5.74, 6) is -0.499. The Labute approximate surface area is 277 Å². The average molecular weight is 662 g/mol. The molecule has 0 aliphatic carbocycles. The molecule has 0 heterocycles. The van der Waals surface area contributed by atoms with Crippen LogP contribution in [0.15, 0.2) is 108 Å². The third-order valence-electron chi connectivity index (χ3n) is 7.24. The number of methoxy groups -OCH3 is 1. The Morgan fingerprint density at radius 3 is 2.15 bits per heavy atom. The zero-order valence-corrected chi connectivity index (χ0v) is 28.3. The van der Waals surface area contributed by atoms with E-state index in [0.29, 0.717) is 16.3 Å². The normalized spacial score (nSPS) is 12.2. The van der Waals surface area contributed by atoms with Crippen molar-refractivity contribution in [3.63, 3.8) is 0 Å². The first-order chi connectivity index (χ1) is 21.8. The van der Waals surface area contributed by atoms with E-state index in [4.69, 9.17) is 16.3 Å². The zero-order valence-electron chi connectivity index (χ0n) is 26.7. The minimum Gasteiger partial charge on any atom is -0.497 e. The summed E-state index contributed by atoms with van der Waals surface area (Å²) in [7, 11) is -2.75. The summed E-state index contributed by atoms with van der Waals surface area (Å²) in [5, 5.41) is 3.50. The van der Waals surface area contributed by atoms with E-state index in [9.17, 15) is 18.0 Å². The number of ether oxygens (including phenoxy) is 1. The molecule has 0 spiro atoms. The van der Waals surface area contributed by atoms with Gasteiger partial charge in [-0.15, -0.1) is 0 Å². The predicted molar refractivity (Wildman–Crippen MR) is 183 cm³/mol. The lowest BCUT2D eigenvalue weighted by molar-refractivity contribution is -0.140. The molecule has 0 aliphatic rings. The van der Waals surface area contributed by atoms with Crippen molar-refractivity contribution in [2.24, 2.45) is 0 Å². The number of nitrogens with one attached hydrogen (secondary N) is 1. The Morgan fingerprint density at radius 1 is 0.870 bits per heavy atom. The summed E-state index contributed by atoms with van der Waals surface area (Å²) in [4.78, 5) is 30.0. The minimum atomic E-state index is -4.23. The van der Waals surface area contributed by atoms with Crippen molar-refractivity contribution in [3.8, 4) is 5.75 Å². The second kappa shape index (κ2) is 14.8. The van der Waals surface area contributed by atoms with Crippen molar-refractivity contribution in [2.75, 3.05) is 18.0 Å². The number of anilines is 1. The molecule has 0 bridgehead atoms. The fraction of sp³-hybridized carbons (Fsp3) is 0.278. The van der Waals surface area contributed by atoms with Gasteiger partial charge in [-0.05, 0) is 75.2 Å². The third-order valence-corrected chi connectivity index (χ3v) is 9.26. The van der Waals surface area contributed by atoms with Crippen molar-refractivity contribution < 1.29 is 22.7 Å². The van der Waals surface area contributed by atoms with Crippen LogP contribution in [-0.4, -0.2) is 50.4 Å². The van der Waals surface area contributed by atoms with E-state index in [1.54, 1.807) is 54.6 Å². The van der Waals surface area contributed by atoms with E-state index in [-0.39, 0.29) is 29.5 Å². The number of carbonyl (C=O) groups excluding carboxylic acids is 2. The van der Waals surface area contributed by atoms with Gasteiger partial charge in [-0.25, -0.2) is 8.42 Å². The number of amides is 2. The summed E-state index contributed by atoms with van der Waals surface area (Å²) in [5.41, 5.74) is 2.09. The Bertz CT molecular complexity index is 1760.